The van der Waals surface area contributed by atoms with E-state index in [4.69, 9.17) is 16.3 Å². The predicted molar refractivity (Wildman–Crippen MR) is 74.1 cm³/mol. The van der Waals surface area contributed by atoms with Crippen LogP contribution in [-0.2, 0) is 14.3 Å². The van der Waals surface area contributed by atoms with Gasteiger partial charge in [0, 0.05) is 12.1 Å². The van der Waals surface area contributed by atoms with Crippen LogP contribution in [0.2, 0.25) is 5.02 Å². The molecule has 0 bridgehead atoms. The maximum atomic E-state index is 12.1. The maximum Gasteiger partial charge on any atom is 0.314 e. The molecular formula is C14H18ClNO3. The van der Waals surface area contributed by atoms with Crippen molar-refractivity contribution in [3.05, 3.63) is 34.9 Å². The van der Waals surface area contributed by atoms with E-state index in [-0.39, 0.29) is 18.4 Å². The molecule has 4 nitrogen and oxygen atoms in total. The minimum atomic E-state index is -0.402. The lowest BCUT2D eigenvalue weighted by Gasteiger charge is -2.19. The van der Waals surface area contributed by atoms with E-state index in [9.17, 15) is 9.59 Å². The number of esters is 1. The lowest BCUT2D eigenvalue weighted by molar-refractivity contribution is -0.150. The molecule has 1 N–H and O–H groups in total. The molecule has 104 valence electrons. The van der Waals surface area contributed by atoms with E-state index in [0.29, 0.717) is 5.02 Å². The van der Waals surface area contributed by atoms with Gasteiger partial charge >= 0.3 is 5.97 Å². The molecule has 0 radical (unpaired) electrons. The van der Waals surface area contributed by atoms with Crippen molar-refractivity contribution in [2.75, 3.05) is 13.7 Å². The van der Waals surface area contributed by atoms with Crippen molar-refractivity contribution in [3.8, 4) is 0 Å². The topological polar surface area (TPSA) is 55.4 Å². The zero-order valence-corrected chi connectivity index (χ0v) is 12.0. The van der Waals surface area contributed by atoms with E-state index in [1.165, 1.54) is 7.05 Å². The van der Waals surface area contributed by atoms with Crippen LogP contribution in [0.15, 0.2) is 24.3 Å². The largest absolute Gasteiger partial charge is 0.455 e. The monoisotopic (exact) mass is 283 g/mol. The highest BCUT2D eigenvalue weighted by Crippen LogP contribution is 2.27. The molecule has 1 rings (SSSR count). The van der Waals surface area contributed by atoms with Gasteiger partial charge in [-0.2, -0.15) is 0 Å². The zero-order chi connectivity index (χ0) is 14.4. The summed E-state index contributed by atoms with van der Waals surface area (Å²) in [6.45, 7) is 3.60. The summed E-state index contributed by atoms with van der Waals surface area (Å²) < 4.78 is 5.02. The minimum Gasteiger partial charge on any atom is -0.455 e. The third-order valence-electron chi connectivity index (χ3n) is 2.77. The average Bonchev–Trinajstić information content (AvgIpc) is 2.38. The first-order valence-corrected chi connectivity index (χ1v) is 6.46. The van der Waals surface area contributed by atoms with Crippen molar-refractivity contribution in [2.45, 2.75) is 19.8 Å². The molecule has 5 heteroatoms. The Morgan fingerprint density at radius 2 is 1.84 bits per heavy atom. The van der Waals surface area contributed by atoms with Crippen LogP contribution in [0.25, 0.3) is 0 Å². The second-order valence-electron chi connectivity index (χ2n) is 4.55. The SMILES string of the molecule is CNC(=O)COC(=O)[C@@H](c1ccc(Cl)cc1)C(C)C. The van der Waals surface area contributed by atoms with Gasteiger partial charge in [0.15, 0.2) is 6.61 Å². The Morgan fingerprint density at radius 3 is 2.32 bits per heavy atom. The number of carbonyl (C=O) groups excluding carboxylic acids is 2. The van der Waals surface area contributed by atoms with Crippen LogP contribution in [-0.4, -0.2) is 25.5 Å². The number of nitrogens with one attached hydrogen (secondary N) is 1. The number of likely N-dealkylation sites (N-methyl/N-ethyl adjacent to an activating group) is 1. The fourth-order valence-corrected chi connectivity index (χ4v) is 1.89. The second kappa shape index (κ2) is 7.14. The minimum absolute atomic E-state index is 0.0679. The number of carbonyl (C=O) groups is 2. The van der Waals surface area contributed by atoms with Gasteiger partial charge in [0.1, 0.15) is 0 Å². The van der Waals surface area contributed by atoms with Crippen molar-refractivity contribution in [1.82, 2.24) is 5.32 Å². The van der Waals surface area contributed by atoms with E-state index in [1.807, 2.05) is 13.8 Å². The molecule has 0 aromatic heterocycles. The summed E-state index contributed by atoms with van der Waals surface area (Å²) in [7, 11) is 1.50. The highest BCUT2D eigenvalue weighted by atomic mass is 35.5. The first-order chi connectivity index (χ1) is 8.95. The molecular weight excluding hydrogens is 266 g/mol. The highest BCUT2D eigenvalue weighted by molar-refractivity contribution is 6.30. The van der Waals surface area contributed by atoms with Crippen LogP contribution in [0.5, 0.6) is 0 Å². The van der Waals surface area contributed by atoms with Gasteiger partial charge in [-0.3, -0.25) is 9.59 Å². The van der Waals surface area contributed by atoms with Gasteiger partial charge in [0.25, 0.3) is 5.91 Å². The lowest BCUT2D eigenvalue weighted by atomic mass is 9.88. The summed E-state index contributed by atoms with van der Waals surface area (Å²) in [5.41, 5.74) is 0.835. The molecule has 0 saturated carbocycles. The Morgan fingerprint density at radius 1 is 1.26 bits per heavy atom. The van der Waals surface area contributed by atoms with Crippen LogP contribution in [0.3, 0.4) is 0 Å². The van der Waals surface area contributed by atoms with E-state index in [0.717, 1.165) is 5.56 Å². The molecule has 19 heavy (non-hydrogen) atoms. The van der Waals surface area contributed by atoms with Crippen LogP contribution in [0.1, 0.15) is 25.3 Å². The van der Waals surface area contributed by atoms with Crippen molar-refractivity contribution in [3.63, 3.8) is 0 Å². The van der Waals surface area contributed by atoms with Crippen LogP contribution in [0, 0.1) is 5.92 Å². The summed E-state index contributed by atoms with van der Waals surface area (Å²) in [6.07, 6.45) is 0. The van der Waals surface area contributed by atoms with Crippen molar-refractivity contribution >= 4 is 23.5 Å². The number of hydrogen-bond donors (Lipinski definition) is 1. The fourth-order valence-electron chi connectivity index (χ4n) is 1.76. The van der Waals surface area contributed by atoms with Gasteiger partial charge in [0.2, 0.25) is 0 Å². The Bertz CT molecular complexity index is 443. The average molecular weight is 284 g/mol. The zero-order valence-electron chi connectivity index (χ0n) is 11.3. The lowest BCUT2D eigenvalue weighted by Crippen LogP contribution is -2.28. The maximum absolute atomic E-state index is 12.1. The summed E-state index contributed by atoms with van der Waals surface area (Å²) in [5.74, 6) is -1.06. The van der Waals surface area contributed by atoms with E-state index >= 15 is 0 Å². The van der Waals surface area contributed by atoms with E-state index in [2.05, 4.69) is 5.32 Å². The van der Waals surface area contributed by atoms with Gasteiger partial charge in [0.05, 0.1) is 5.92 Å². The van der Waals surface area contributed by atoms with Crippen LogP contribution < -0.4 is 5.32 Å². The molecule has 0 aliphatic rings. The molecule has 0 spiro atoms. The van der Waals surface area contributed by atoms with Gasteiger partial charge in [-0.05, 0) is 23.6 Å². The first kappa shape index (κ1) is 15.5. The molecule has 1 amide bonds. The van der Waals surface area contributed by atoms with Gasteiger partial charge < -0.3 is 10.1 Å². The Kier molecular flexibility index (Phi) is 5.83. The second-order valence-corrected chi connectivity index (χ2v) is 4.99. The number of ether oxygens (including phenoxy) is 1. The number of amides is 1. The fraction of sp³-hybridized carbons (Fsp3) is 0.429. The summed E-state index contributed by atoms with van der Waals surface area (Å²) in [6, 6.07) is 7.07. The Hall–Kier alpha value is -1.55. The van der Waals surface area contributed by atoms with Crippen molar-refractivity contribution < 1.29 is 14.3 Å². The molecule has 1 aromatic carbocycles. The quantitative estimate of drug-likeness (QED) is 0.844. The molecule has 0 saturated heterocycles. The normalized spacial score (nSPS) is 12.1. The van der Waals surface area contributed by atoms with Crippen molar-refractivity contribution in [1.29, 1.82) is 0 Å². The summed E-state index contributed by atoms with van der Waals surface area (Å²) in [5, 5.41) is 3.02. The number of rotatable bonds is 5. The third-order valence-corrected chi connectivity index (χ3v) is 3.03. The molecule has 1 aromatic rings. The molecule has 0 heterocycles. The van der Waals surface area contributed by atoms with Gasteiger partial charge in [-0.25, -0.2) is 0 Å². The Balaban J connectivity index is 2.80. The molecule has 1 atom stereocenters. The number of hydrogen-bond acceptors (Lipinski definition) is 3. The van der Waals surface area contributed by atoms with E-state index in [1.54, 1.807) is 24.3 Å². The van der Waals surface area contributed by atoms with Crippen LogP contribution >= 0.6 is 11.6 Å². The molecule has 0 unspecified atom stereocenters. The third kappa shape index (κ3) is 4.56. The predicted octanol–water partition coefficient (Wildman–Crippen LogP) is 2.37. The standard InChI is InChI=1S/C14H18ClNO3/c1-9(2)13(10-4-6-11(15)7-5-10)14(18)19-8-12(17)16-3/h4-7,9,13H,8H2,1-3H3,(H,16,17)/t13-/m1/s1. The molecule has 0 fully saturated rings. The van der Waals surface area contributed by atoms with Crippen LogP contribution in [0.4, 0.5) is 0 Å². The summed E-state index contributed by atoms with van der Waals surface area (Å²) >= 11 is 5.83. The first-order valence-electron chi connectivity index (χ1n) is 6.08. The van der Waals surface area contributed by atoms with Gasteiger partial charge in [-0.1, -0.05) is 37.6 Å². The number of benzene rings is 1. The van der Waals surface area contributed by atoms with E-state index < -0.39 is 11.9 Å². The highest BCUT2D eigenvalue weighted by Gasteiger charge is 2.26. The van der Waals surface area contributed by atoms with Crippen molar-refractivity contribution in [2.24, 2.45) is 5.92 Å². The molecule has 0 aliphatic carbocycles. The smallest absolute Gasteiger partial charge is 0.314 e. The molecule has 0 aliphatic heterocycles. The summed E-state index contributed by atoms with van der Waals surface area (Å²) in [4.78, 5) is 23.1. The Labute approximate surface area is 118 Å². The number of halogens is 1. The van der Waals surface area contributed by atoms with Gasteiger partial charge in [-0.15, -0.1) is 0 Å².